The van der Waals surface area contributed by atoms with Gasteiger partial charge in [0.15, 0.2) is 0 Å². The quantitative estimate of drug-likeness (QED) is 0.812. The number of rotatable bonds is 7. The largest absolute Gasteiger partial charge is 0.393 e. The van der Waals surface area contributed by atoms with Crippen LogP contribution in [0.25, 0.3) is 0 Å². The van der Waals surface area contributed by atoms with Crippen molar-refractivity contribution >= 4 is 0 Å². The molecule has 104 valence electrons. The average Bonchev–Trinajstić information content (AvgIpc) is 2.79. The minimum atomic E-state index is -0.520. The maximum atomic E-state index is 9.68. The van der Waals surface area contributed by atoms with Gasteiger partial charge in [-0.1, -0.05) is 19.0 Å². The van der Waals surface area contributed by atoms with Crippen LogP contribution in [-0.2, 0) is 10.3 Å². The molecule has 1 aromatic heterocycles. The standard InChI is InChI=1S/C13H24N2O3/c1-6-10(9(4)16)11-14-12(15-18-11)13(5,7-2)17-8-3/h9-10,16H,6-8H2,1-5H3. The smallest absolute Gasteiger partial charge is 0.232 e. The second-order valence-corrected chi connectivity index (χ2v) is 4.73. The molecular weight excluding hydrogens is 232 g/mol. The number of aliphatic hydroxyl groups excluding tert-OH is 1. The Kier molecular flexibility index (Phi) is 5.28. The summed E-state index contributed by atoms with van der Waals surface area (Å²) in [4.78, 5) is 4.40. The van der Waals surface area contributed by atoms with E-state index in [2.05, 4.69) is 10.1 Å². The van der Waals surface area contributed by atoms with Gasteiger partial charge in [-0.2, -0.15) is 4.98 Å². The normalized spacial score (nSPS) is 18.3. The highest BCUT2D eigenvalue weighted by atomic mass is 16.5. The van der Waals surface area contributed by atoms with Gasteiger partial charge in [0.1, 0.15) is 5.60 Å². The van der Waals surface area contributed by atoms with Crippen molar-refractivity contribution in [3.63, 3.8) is 0 Å². The molecule has 1 rings (SSSR count). The third-order valence-corrected chi connectivity index (χ3v) is 3.39. The lowest BCUT2D eigenvalue weighted by Gasteiger charge is -2.24. The number of ether oxygens (including phenoxy) is 1. The van der Waals surface area contributed by atoms with Crippen LogP contribution in [0.3, 0.4) is 0 Å². The fourth-order valence-corrected chi connectivity index (χ4v) is 1.97. The molecular formula is C13H24N2O3. The lowest BCUT2D eigenvalue weighted by atomic mass is 10.00. The highest BCUT2D eigenvalue weighted by Gasteiger charge is 2.32. The Labute approximate surface area is 109 Å². The van der Waals surface area contributed by atoms with Crippen LogP contribution in [0.15, 0.2) is 4.52 Å². The van der Waals surface area contributed by atoms with Crippen molar-refractivity contribution in [3.8, 4) is 0 Å². The highest BCUT2D eigenvalue weighted by Crippen LogP contribution is 2.29. The van der Waals surface area contributed by atoms with Crippen LogP contribution in [0.2, 0.25) is 0 Å². The second kappa shape index (κ2) is 6.29. The Hall–Kier alpha value is -0.940. The van der Waals surface area contributed by atoms with Crippen molar-refractivity contribution in [3.05, 3.63) is 11.7 Å². The summed E-state index contributed by atoms with van der Waals surface area (Å²) >= 11 is 0. The van der Waals surface area contributed by atoms with Gasteiger partial charge in [0.2, 0.25) is 11.7 Å². The van der Waals surface area contributed by atoms with E-state index >= 15 is 0 Å². The summed E-state index contributed by atoms with van der Waals surface area (Å²) in [5.74, 6) is 0.928. The summed E-state index contributed by atoms with van der Waals surface area (Å²) in [6, 6.07) is 0. The van der Waals surface area contributed by atoms with Crippen molar-refractivity contribution in [2.24, 2.45) is 0 Å². The van der Waals surface area contributed by atoms with Gasteiger partial charge in [0.05, 0.1) is 12.0 Å². The molecule has 0 aliphatic carbocycles. The van der Waals surface area contributed by atoms with E-state index in [4.69, 9.17) is 9.26 Å². The first kappa shape index (κ1) is 15.1. The lowest BCUT2D eigenvalue weighted by Crippen LogP contribution is -2.26. The summed E-state index contributed by atoms with van der Waals surface area (Å²) < 4.78 is 11.0. The first-order chi connectivity index (χ1) is 8.48. The molecule has 3 atom stereocenters. The van der Waals surface area contributed by atoms with Gasteiger partial charge in [-0.15, -0.1) is 0 Å². The molecule has 0 radical (unpaired) electrons. The summed E-state index contributed by atoms with van der Waals surface area (Å²) in [5.41, 5.74) is -0.520. The zero-order chi connectivity index (χ0) is 13.8. The second-order valence-electron chi connectivity index (χ2n) is 4.73. The van der Waals surface area contributed by atoms with Crippen molar-refractivity contribution in [1.29, 1.82) is 0 Å². The Balaban J connectivity index is 2.97. The zero-order valence-electron chi connectivity index (χ0n) is 11.9. The molecule has 1 aromatic rings. The topological polar surface area (TPSA) is 68.4 Å². The Morgan fingerprint density at radius 2 is 2.06 bits per heavy atom. The van der Waals surface area contributed by atoms with Crippen molar-refractivity contribution in [2.45, 2.75) is 65.1 Å². The molecule has 0 fully saturated rings. The van der Waals surface area contributed by atoms with E-state index in [0.717, 1.165) is 12.8 Å². The first-order valence-corrected chi connectivity index (χ1v) is 6.64. The lowest BCUT2D eigenvalue weighted by molar-refractivity contribution is -0.0403. The number of aliphatic hydroxyl groups is 1. The molecule has 0 bridgehead atoms. The van der Waals surface area contributed by atoms with E-state index in [1.54, 1.807) is 6.92 Å². The van der Waals surface area contributed by atoms with E-state index in [1.165, 1.54) is 0 Å². The SMILES string of the molecule is CCOC(C)(CC)c1noc(C(CC)C(C)O)n1. The fourth-order valence-electron chi connectivity index (χ4n) is 1.97. The molecule has 5 nitrogen and oxygen atoms in total. The van der Waals surface area contributed by atoms with Crippen LogP contribution < -0.4 is 0 Å². The van der Waals surface area contributed by atoms with Gasteiger partial charge in [-0.3, -0.25) is 0 Å². The van der Waals surface area contributed by atoms with Crippen molar-refractivity contribution in [1.82, 2.24) is 10.1 Å². The van der Waals surface area contributed by atoms with Crippen LogP contribution >= 0.6 is 0 Å². The van der Waals surface area contributed by atoms with E-state index in [-0.39, 0.29) is 5.92 Å². The van der Waals surface area contributed by atoms with E-state index in [1.807, 2.05) is 27.7 Å². The zero-order valence-corrected chi connectivity index (χ0v) is 11.9. The molecule has 0 spiro atoms. The molecule has 18 heavy (non-hydrogen) atoms. The molecule has 0 saturated carbocycles. The third-order valence-electron chi connectivity index (χ3n) is 3.39. The highest BCUT2D eigenvalue weighted by molar-refractivity contribution is 5.03. The van der Waals surface area contributed by atoms with Crippen molar-refractivity contribution < 1.29 is 14.4 Å². The van der Waals surface area contributed by atoms with Gasteiger partial charge in [0.25, 0.3) is 0 Å². The number of nitrogens with zero attached hydrogens (tertiary/aromatic N) is 2. The summed E-state index contributed by atoms with van der Waals surface area (Å²) in [5, 5.41) is 13.7. The van der Waals surface area contributed by atoms with Crippen LogP contribution in [0.4, 0.5) is 0 Å². The molecule has 0 aliphatic heterocycles. The van der Waals surface area contributed by atoms with Gasteiger partial charge in [-0.05, 0) is 33.6 Å². The third kappa shape index (κ3) is 3.09. The summed E-state index contributed by atoms with van der Waals surface area (Å²) in [7, 11) is 0. The van der Waals surface area contributed by atoms with E-state index < -0.39 is 11.7 Å². The molecule has 0 amide bonds. The van der Waals surface area contributed by atoms with Gasteiger partial charge < -0.3 is 14.4 Å². The average molecular weight is 256 g/mol. The van der Waals surface area contributed by atoms with E-state index in [0.29, 0.717) is 18.3 Å². The summed E-state index contributed by atoms with van der Waals surface area (Å²) in [6.45, 7) is 10.2. The van der Waals surface area contributed by atoms with Crippen LogP contribution in [0.1, 0.15) is 65.1 Å². The molecule has 0 aliphatic rings. The molecule has 0 saturated heterocycles. The Morgan fingerprint density at radius 3 is 2.50 bits per heavy atom. The van der Waals surface area contributed by atoms with Gasteiger partial charge >= 0.3 is 0 Å². The minimum absolute atomic E-state index is 0.117. The molecule has 1 N–H and O–H groups in total. The number of hydrogen-bond donors (Lipinski definition) is 1. The fraction of sp³-hybridized carbons (Fsp3) is 0.846. The monoisotopic (exact) mass is 256 g/mol. The predicted octanol–water partition coefficient (Wildman–Crippen LogP) is 2.61. The molecule has 0 aromatic carbocycles. The van der Waals surface area contributed by atoms with Gasteiger partial charge in [0, 0.05) is 6.61 Å². The Bertz CT molecular complexity index is 365. The molecule has 5 heteroatoms. The van der Waals surface area contributed by atoms with Crippen LogP contribution in [-0.4, -0.2) is 28.0 Å². The maximum absolute atomic E-state index is 9.68. The maximum Gasteiger partial charge on any atom is 0.232 e. The van der Waals surface area contributed by atoms with E-state index in [9.17, 15) is 5.11 Å². The molecule has 3 unspecified atom stereocenters. The molecule has 1 heterocycles. The number of hydrogen-bond acceptors (Lipinski definition) is 5. The van der Waals surface area contributed by atoms with Crippen molar-refractivity contribution in [2.75, 3.05) is 6.61 Å². The first-order valence-electron chi connectivity index (χ1n) is 6.64. The Morgan fingerprint density at radius 1 is 1.39 bits per heavy atom. The predicted molar refractivity (Wildman–Crippen MR) is 68.3 cm³/mol. The van der Waals surface area contributed by atoms with Gasteiger partial charge in [-0.25, -0.2) is 0 Å². The van der Waals surface area contributed by atoms with Crippen LogP contribution in [0, 0.1) is 0 Å². The summed E-state index contributed by atoms with van der Waals surface area (Å²) in [6.07, 6.45) is 1.03. The number of aromatic nitrogens is 2. The minimum Gasteiger partial charge on any atom is -0.393 e. The van der Waals surface area contributed by atoms with Crippen LogP contribution in [0.5, 0.6) is 0 Å².